The number of halogens is 1. The second-order valence-electron chi connectivity index (χ2n) is 5.19. The van der Waals surface area contributed by atoms with Crippen LogP contribution in [0.4, 0.5) is 10.2 Å². The van der Waals surface area contributed by atoms with Gasteiger partial charge in [-0.15, -0.1) is 0 Å². The van der Waals surface area contributed by atoms with Crippen molar-refractivity contribution in [2.45, 2.75) is 19.8 Å². The largest absolute Gasteiger partial charge is 0.369 e. The summed E-state index contributed by atoms with van der Waals surface area (Å²) >= 11 is 0. The van der Waals surface area contributed by atoms with E-state index in [1.807, 2.05) is 0 Å². The molecule has 0 radical (unpaired) electrons. The van der Waals surface area contributed by atoms with Crippen molar-refractivity contribution in [3.05, 3.63) is 18.3 Å². The fourth-order valence-electron chi connectivity index (χ4n) is 2.07. The molecule has 17 heavy (non-hydrogen) atoms. The van der Waals surface area contributed by atoms with Crippen molar-refractivity contribution >= 4 is 5.82 Å². The van der Waals surface area contributed by atoms with E-state index >= 15 is 0 Å². The van der Waals surface area contributed by atoms with Gasteiger partial charge < -0.3 is 10.2 Å². The number of hydrogen-bond acceptors (Lipinski definition) is 4. The first-order chi connectivity index (χ1) is 8.07. The molecule has 0 aliphatic carbocycles. The van der Waals surface area contributed by atoms with Crippen LogP contribution in [0.2, 0.25) is 0 Å². The van der Waals surface area contributed by atoms with E-state index in [1.165, 1.54) is 12.4 Å². The highest BCUT2D eigenvalue weighted by atomic mass is 19.1. The van der Waals surface area contributed by atoms with Crippen molar-refractivity contribution in [1.82, 2.24) is 14.9 Å². The van der Waals surface area contributed by atoms with E-state index in [0.717, 1.165) is 32.5 Å². The van der Waals surface area contributed by atoms with Gasteiger partial charge in [-0.3, -0.25) is 0 Å². The van der Waals surface area contributed by atoms with Crippen molar-refractivity contribution in [3.8, 4) is 0 Å². The maximum atomic E-state index is 12.9. The summed E-state index contributed by atoms with van der Waals surface area (Å²) in [4.78, 5) is 9.77. The minimum Gasteiger partial charge on any atom is -0.369 e. The van der Waals surface area contributed by atoms with Gasteiger partial charge in [0.25, 0.3) is 0 Å². The molecule has 1 aromatic heterocycles. The third-order valence-electron chi connectivity index (χ3n) is 3.52. The molecule has 1 aromatic rings. The zero-order valence-corrected chi connectivity index (χ0v) is 10.4. The van der Waals surface area contributed by atoms with E-state index in [-0.39, 0.29) is 5.41 Å². The normalized spacial score (nSPS) is 20.2. The van der Waals surface area contributed by atoms with Crippen LogP contribution in [0.1, 0.15) is 19.8 Å². The van der Waals surface area contributed by atoms with E-state index in [9.17, 15) is 4.39 Å². The highest BCUT2D eigenvalue weighted by Gasteiger charge is 2.28. The summed E-state index contributed by atoms with van der Waals surface area (Å²) in [6, 6.07) is 1.33. The number of likely N-dealkylation sites (tertiary alicyclic amines) is 1. The molecule has 1 saturated heterocycles. The molecule has 2 heterocycles. The number of hydrogen-bond donors (Lipinski definition) is 1. The molecule has 0 saturated carbocycles. The Labute approximate surface area is 101 Å². The van der Waals surface area contributed by atoms with E-state index in [0.29, 0.717) is 5.82 Å². The van der Waals surface area contributed by atoms with Crippen LogP contribution >= 0.6 is 0 Å². The topological polar surface area (TPSA) is 41.0 Å². The third kappa shape index (κ3) is 3.36. The highest BCUT2D eigenvalue weighted by Crippen LogP contribution is 2.30. The number of nitrogens with one attached hydrogen (secondary N) is 1. The van der Waals surface area contributed by atoms with Crippen LogP contribution in [0.25, 0.3) is 0 Å². The maximum absolute atomic E-state index is 12.9. The van der Waals surface area contributed by atoms with E-state index < -0.39 is 5.95 Å². The predicted octanol–water partition coefficient (Wildman–Crippen LogP) is 1.76. The van der Waals surface area contributed by atoms with Crippen LogP contribution in [-0.4, -0.2) is 41.5 Å². The molecule has 94 valence electrons. The van der Waals surface area contributed by atoms with Gasteiger partial charge in [0.15, 0.2) is 0 Å². The molecule has 0 atom stereocenters. The van der Waals surface area contributed by atoms with E-state index in [4.69, 9.17) is 0 Å². The van der Waals surface area contributed by atoms with Crippen LogP contribution in [0, 0.1) is 11.4 Å². The number of rotatable bonds is 3. The minimum atomic E-state index is -0.490. The smallest absolute Gasteiger partial charge is 0.217 e. The molecule has 0 unspecified atom stereocenters. The molecular weight excluding hydrogens is 219 g/mol. The first-order valence-corrected chi connectivity index (χ1v) is 5.97. The summed E-state index contributed by atoms with van der Waals surface area (Å²) in [6.45, 7) is 5.34. The van der Waals surface area contributed by atoms with Gasteiger partial charge >= 0.3 is 0 Å². The average molecular weight is 238 g/mol. The summed E-state index contributed by atoms with van der Waals surface area (Å²) in [5.74, 6) is 0.0775. The first-order valence-electron chi connectivity index (χ1n) is 5.97. The summed E-state index contributed by atoms with van der Waals surface area (Å²) in [5.41, 5.74) is 0.272. The Kier molecular flexibility index (Phi) is 3.57. The second kappa shape index (κ2) is 4.96. The van der Waals surface area contributed by atoms with Gasteiger partial charge in [0.05, 0.1) is 0 Å². The van der Waals surface area contributed by atoms with Crippen molar-refractivity contribution in [2.75, 3.05) is 32.0 Å². The molecule has 1 N–H and O–H groups in total. The van der Waals surface area contributed by atoms with Gasteiger partial charge in [-0.1, -0.05) is 6.92 Å². The number of aromatic nitrogens is 2. The lowest BCUT2D eigenvalue weighted by atomic mass is 9.80. The lowest BCUT2D eigenvalue weighted by molar-refractivity contribution is 0.150. The van der Waals surface area contributed by atoms with E-state index in [2.05, 4.69) is 34.2 Å². The van der Waals surface area contributed by atoms with Crippen molar-refractivity contribution in [3.63, 3.8) is 0 Å². The Balaban J connectivity index is 1.89. The monoisotopic (exact) mass is 238 g/mol. The van der Waals surface area contributed by atoms with Crippen molar-refractivity contribution < 1.29 is 4.39 Å². The van der Waals surface area contributed by atoms with Crippen LogP contribution in [0.3, 0.4) is 0 Å². The second-order valence-corrected chi connectivity index (χ2v) is 5.19. The van der Waals surface area contributed by atoms with Crippen molar-refractivity contribution in [2.24, 2.45) is 5.41 Å². The number of piperidine rings is 1. The maximum Gasteiger partial charge on any atom is 0.217 e. The standard InChI is InChI=1S/C12H19FN4/c1-12(3-5-17(2)6-4-12)8-14-11-7-10(13)15-9-16-11/h7,9H,3-6,8H2,1-2H3,(H,14,15,16). The van der Waals surface area contributed by atoms with Gasteiger partial charge in [-0.2, -0.15) is 4.39 Å². The number of anilines is 1. The van der Waals surface area contributed by atoms with Crippen LogP contribution in [-0.2, 0) is 0 Å². The van der Waals surface area contributed by atoms with Gasteiger partial charge in [0.2, 0.25) is 5.95 Å². The molecule has 1 aliphatic heterocycles. The molecule has 5 heteroatoms. The quantitative estimate of drug-likeness (QED) is 0.815. The molecule has 0 bridgehead atoms. The Hall–Kier alpha value is -1.23. The zero-order valence-electron chi connectivity index (χ0n) is 10.4. The first kappa shape index (κ1) is 12.2. The molecule has 4 nitrogen and oxygen atoms in total. The zero-order chi connectivity index (χ0) is 12.3. The molecule has 0 amide bonds. The summed E-state index contributed by atoms with van der Waals surface area (Å²) in [6.07, 6.45) is 3.56. The molecule has 2 rings (SSSR count). The lowest BCUT2D eigenvalue weighted by Crippen LogP contribution is -2.40. The fourth-order valence-corrected chi connectivity index (χ4v) is 2.07. The summed E-state index contributed by atoms with van der Waals surface area (Å²) in [5, 5.41) is 3.20. The molecular formula is C12H19FN4. The third-order valence-corrected chi connectivity index (χ3v) is 3.52. The van der Waals surface area contributed by atoms with E-state index in [1.54, 1.807) is 0 Å². The van der Waals surface area contributed by atoms with Gasteiger partial charge in [-0.25, -0.2) is 9.97 Å². The molecule has 1 aliphatic rings. The van der Waals surface area contributed by atoms with Crippen LogP contribution in [0.5, 0.6) is 0 Å². The molecule has 0 spiro atoms. The van der Waals surface area contributed by atoms with Gasteiger partial charge in [0.1, 0.15) is 12.1 Å². The van der Waals surface area contributed by atoms with Crippen molar-refractivity contribution in [1.29, 1.82) is 0 Å². The highest BCUT2D eigenvalue weighted by molar-refractivity contribution is 5.32. The molecule has 1 fully saturated rings. The average Bonchev–Trinajstić information content (AvgIpc) is 2.31. The van der Waals surface area contributed by atoms with Crippen LogP contribution < -0.4 is 5.32 Å². The Morgan fingerprint density at radius 2 is 2.12 bits per heavy atom. The Bertz CT molecular complexity index is 375. The predicted molar refractivity (Wildman–Crippen MR) is 65.3 cm³/mol. The van der Waals surface area contributed by atoms with Crippen LogP contribution in [0.15, 0.2) is 12.4 Å². The summed E-state index contributed by atoms with van der Waals surface area (Å²) < 4.78 is 12.9. The van der Waals surface area contributed by atoms with Gasteiger partial charge in [-0.05, 0) is 38.4 Å². The van der Waals surface area contributed by atoms with Gasteiger partial charge in [0, 0.05) is 12.6 Å². The Morgan fingerprint density at radius 3 is 2.76 bits per heavy atom. The summed E-state index contributed by atoms with van der Waals surface area (Å²) in [7, 11) is 2.15. The fraction of sp³-hybridized carbons (Fsp3) is 0.667. The number of nitrogens with zero attached hydrogens (tertiary/aromatic N) is 3. The Morgan fingerprint density at radius 1 is 1.41 bits per heavy atom. The molecule has 0 aromatic carbocycles. The minimum absolute atomic E-state index is 0.272. The lowest BCUT2D eigenvalue weighted by Gasteiger charge is -2.38. The SMILES string of the molecule is CN1CCC(C)(CNc2cc(F)ncn2)CC1.